The predicted octanol–water partition coefficient (Wildman–Crippen LogP) is 2.30. The highest BCUT2D eigenvalue weighted by atomic mass is 16.5. The quantitative estimate of drug-likeness (QED) is 0.564. The molecule has 1 heteroatoms. The normalized spacial score (nSPS) is 10.1. The average molecular weight is 134 g/mol. The average Bonchev–Trinajstić information content (AvgIpc) is 2.03. The molecule has 0 saturated heterocycles. The second-order valence-corrected chi connectivity index (χ2v) is 1.95. The number of methoxy groups -OCH3 is 1. The van der Waals surface area contributed by atoms with Crippen molar-refractivity contribution in [3.05, 3.63) is 42.2 Å². The maximum atomic E-state index is 4.77. The van der Waals surface area contributed by atoms with Crippen molar-refractivity contribution in [3.63, 3.8) is 0 Å². The third kappa shape index (κ3) is 1.94. The summed E-state index contributed by atoms with van der Waals surface area (Å²) in [6.07, 6.45) is 3.58. The van der Waals surface area contributed by atoms with Crippen LogP contribution in [0.25, 0.3) is 6.08 Å². The van der Waals surface area contributed by atoms with E-state index in [0.717, 1.165) is 5.56 Å². The summed E-state index contributed by atoms with van der Waals surface area (Å²) in [6.45, 7) is 0. The lowest BCUT2D eigenvalue weighted by Crippen LogP contribution is -1.69. The Morgan fingerprint density at radius 2 is 1.90 bits per heavy atom. The fourth-order valence-corrected chi connectivity index (χ4v) is 0.711. The fourth-order valence-electron chi connectivity index (χ4n) is 0.711. The van der Waals surface area contributed by atoms with Gasteiger partial charge in [-0.2, -0.15) is 0 Å². The lowest BCUT2D eigenvalue weighted by molar-refractivity contribution is 0.341. The molecule has 0 amide bonds. The Labute approximate surface area is 61.0 Å². The van der Waals surface area contributed by atoms with Crippen molar-refractivity contribution in [2.24, 2.45) is 0 Å². The molecule has 0 aromatic heterocycles. The largest absolute Gasteiger partial charge is 0.504 e. The second-order valence-electron chi connectivity index (χ2n) is 1.95. The molecule has 1 aromatic carbocycles. The van der Waals surface area contributed by atoms with Crippen molar-refractivity contribution in [2.45, 2.75) is 0 Å². The zero-order valence-corrected chi connectivity index (χ0v) is 5.95. The highest BCUT2D eigenvalue weighted by Gasteiger charge is 1.79. The van der Waals surface area contributed by atoms with Crippen LogP contribution in [-0.4, -0.2) is 7.11 Å². The van der Waals surface area contributed by atoms with Crippen molar-refractivity contribution in [2.75, 3.05) is 7.11 Å². The Bertz CT molecular complexity index is 201. The van der Waals surface area contributed by atoms with Crippen LogP contribution in [0.3, 0.4) is 0 Å². The van der Waals surface area contributed by atoms with Crippen LogP contribution in [0.1, 0.15) is 5.56 Å². The maximum absolute atomic E-state index is 4.77. The third-order valence-electron chi connectivity index (χ3n) is 1.20. The van der Waals surface area contributed by atoms with E-state index in [4.69, 9.17) is 4.74 Å². The van der Waals surface area contributed by atoms with Gasteiger partial charge in [-0.05, 0) is 11.6 Å². The van der Waals surface area contributed by atoms with Crippen molar-refractivity contribution in [3.8, 4) is 0 Å². The molecule has 0 N–H and O–H groups in total. The highest BCUT2D eigenvalue weighted by Crippen LogP contribution is 1.99. The minimum Gasteiger partial charge on any atom is -0.504 e. The summed E-state index contributed by atoms with van der Waals surface area (Å²) < 4.78 is 4.77. The zero-order chi connectivity index (χ0) is 7.23. The standard InChI is InChI=1S/C9H10O/c1-10-8-7-9-5-3-2-4-6-9/h2-8H,1H3/b8-7+. The van der Waals surface area contributed by atoms with Gasteiger partial charge in [-0.15, -0.1) is 0 Å². The Balaban J connectivity index is 2.67. The molecule has 0 spiro atoms. The summed E-state index contributed by atoms with van der Waals surface area (Å²) >= 11 is 0. The summed E-state index contributed by atoms with van der Waals surface area (Å²) in [5.74, 6) is 0. The van der Waals surface area contributed by atoms with Crippen LogP contribution in [0.5, 0.6) is 0 Å². The summed E-state index contributed by atoms with van der Waals surface area (Å²) in [6, 6.07) is 10.0. The van der Waals surface area contributed by atoms with Crippen LogP contribution < -0.4 is 0 Å². The van der Waals surface area contributed by atoms with Gasteiger partial charge in [0.1, 0.15) is 0 Å². The summed E-state index contributed by atoms with van der Waals surface area (Å²) in [5.41, 5.74) is 1.16. The first-order valence-corrected chi connectivity index (χ1v) is 3.18. The predicted molar refractivity (Wildman–Crippen MR) is 42.5 cm³/mol. The summed E-state index contributed by atoms with van der Waals surface area (Å²) in [5, 5.41) is 0. The van der Waals surface area contributed by atoms with Gasteiger partial charge in [-0.25, -0.2) is 0 Å². The smallest absolute Gasteiger partial charge is 0.0830 e. The maximum Gasteiger partial charge on any atom is 0.0830 e. The van der Waals surface area contributed by atoms with Gasteiger partial charge in [0.25, 0.3) is 0 Å². The van der Waals surface area contributed by atoms with Gasteiger partial charge in [0.05, 0.1) is 13.4 Å². The van der Waals surface area contributed by atoms with E-state index in [-0.39, 0.29) is 0 Å². The lowest BCUT2D eigenvalue weighted by Gasteiger charge is -1.89. The Hall–Kier alpha value is -1.24. The van der Waals surface area contributed by atoms with E-state index < -0.39 is 0 Å². The summed E-state index contributed by atoms with van der Waals surface area (Å²) in [4.78, 5) is 0. The first kappa shape index (κ1) is 6.87. The van der Waals surface area contributed by atoms with Gasteiger partial charge in [0, 0.05) is 0 Å². The van der Waals surface area contributed by atoms with E-state index in [0.29, 0.717) is 0 Å². The van der Waals surface area contributed by atoms with Gasteiger partial charge in [0.15, 0.2) is 0 Å². The molecule has 1 rings (SSSR count). The van der Waals surface area contributed by atoms with E-state index in [9.17, 15) is 0 Å². The first-order valence-electron chi connectivity index (χ1n) is 3.18. The van der Waals surface area contributed by atoms with Crippen LogP contribution in [0, 0.1) is 0 Å². The van der Waals surface area contributed by atoms with Crippen LogP contribution in [-0.2, 0) is 4.74 Å². The third-order valence-corrected chi connectivity index (χ3v) is 1.20. The molecular weight excluding hydrogens is 124 g/mol. The molecule has 0 fully saturated rings. The molecular formula is C9H10O. The van der Waals surface area contributed by atoms with Crippen LogP contribution in [0.15, 0.2) is 36.6 Å². The van der Waals surface area contributed by atoms with Crippen LogP contribution in [0.2, 0.25) is 0 Å². The van der Waals surface area contributed by atoms with Crippen molar-refractivity contribution in [1.29, 1.82) is 0 Å². The minimum absolute atomic E-state index is 1.16. The van der Waals surface area contributed by atoms with Gasteiger partial charge < -0.3 is 4.74 Å². The molecule has 0 aliphatic carbocycles. The minimum atomic E-state index is 1.16. The molecule has 1 nitrogen and oxygen atoms in total. The molecule has 0 unspecified atom stereocenters. The Morgan fingerprint density at radius 1 is 1.20 bits per heavy atom. The molecule has 0 heterocycles. The number of hydrogen-bond acceptors (Lipinski definition) is 1. The second kappa shape index (κ2) is 3.72. The van der Waals surface area contributed by atoms with Gasteiger partial charge in [-0.1, -0.05) is 30.3 Å². The first-order chi connectivity index (χ1) is 4.93. The molecule has 0 atom stereocenters. The monoisotopic (exact) mass is 134 g/mol. The fraction of sp³-hybridized carbons (Fsp3) is 0.111. The topological polar surface area (TPSA) is 9.23 Å². The highest BCUT2D eigenvalue weighted by molar-refractivity contribution is 5.47. The van der Waals surface area contributed by atoms with E-state index in [1.54, 1.807) is 13.4 Å². The van der Waals surface area contributed by atoms with E-state index in [1.807, 2.05) is 36.4 Å². The van der Waals surface area contributed by atoms with Crippen molar-refractivity contribution >= 4 is 6.08 Å². The molecule has 1 aromatic rings. The Morgan fingerprint density at radius 3 is 2.50 bits per heavy atom. The van der Waals surface area contributed by atoms with Gasteiger partial charge >= 0.3 is 0 Å². The molecule has 0 saturated carbocycles. The molecule has 0 radical (unpaired) electrons. The molecule has 0 aliphatic rings. The van der Waals surface area contributed by atoms with Crippen LogP contribution >= 0.6 is 0 Å². The molecule has 0 aliphatic heterocycles. The molecule has 0 bridgehead atoms. The van der Waals surface area contributed by atoms with Crippen molar-refractivity contribution < 1.29 is 4.74 Å². The Kier molecular flexibility index (Phi) is 2.56. The number of ether oxygens (including phenoxy) is 1. The number of benzene rings is 1. The van der Waals surface area contributed by atoms with Crippen molar-refractivity contribution in [1.82, 2.24) is 0 Å². The zero-order valence-electron chi connectivity index (χ0n) is 5.95. The number of rotatable bonds is 2. The summed E-state index contributed by atoms with van der Waals surface area (Å²) in [7, 11) is 1.64. The van der Waals surface area contributed by atoms with E-state index >= 15 is 0 Å². The molecule has 52 valence electrons. The van der Waals surface area contributed by atoms with Crippen LogP contribution in [0.4, 0.5) is 0 Å². The van der Waals surface area contributed by atoms with E-state index in [1.165, 1.54) is 0 Å². The van der Waals surface area contributed by atoms with Gasteiger partial charge in [0.2, 0.25) is 0 Å². The SMILES string of the molecule is CO/C=C/c1ccccc1. The van der Waals surface area contributed by atoms with Gasteiger partial charge in [-0.3, -0.25) is 0 Å². The van der Waals surface area contributed by atoms with E-state index in [2.05, 4.69) is 0 Å². The molecule has 10 heavy (non-hydrogen) atoms. The lowest BCUT2D eigenvalue weighted by atomic mass is 10.2. The number of hydrogen-bond donors (Lipinski definition) is 0.